The van der Waals surface area contributed by atoms with Gasteiger partial charge in [0.05, 0.1) is 50.8 Å². The first-order chi connectivity index (χ1) is 65.1. The van der Waals surface area contributed by atoms with Gasteiger partial charge in [0.25, 0.3) is 0 Å². The lowest BCUT2D eigenvalue weighted by atomic mass is 9.98. The number of nitrogens with zero attached hydrogens (tertiary/aromatic N) is 1. The molecule has 1 saturated heterocycles. The number of hydrogen-bond donors (Lipinski definition) is 33. The van der Waals surface area contributed by atoms with E-state index in [1.807, 2.05) is 0 Å². The Kier molecular flexibility index (Phi) is 49.9. The molecule has 55 heteroatoms. The second-order valence-electron chi connectivity index (χ2n) is 33.7. The lowest BCUT2D eigenvalue weighted by Crippen LogP contribution is -2.62. The number of carboxylic acids is 3. The van der Waals surface area contributed by atoms with Crippen LogP contribution >= 0.6 is 0 Å². The van der Waals surface area contributed by atoms with Gasteiger partial charge >= 0.3 is 17.9 Å². The van der Waals surface area contributed by atoms with E-state index in [-0.39, 0.29) is 87.2 Å². The monoisotopic (exact) mass is 1970 g/mol. The number of hydrogen-bond acceptors (Lipinski definition) is 30. The average Bonchev–Trinajstić information content (AvgIpc) is 1.63. The third-order valence-electron chi connectivity index (χ3n) is 21.1. The number of carbonyl (C=O) groups excluding carboxylic acids is 18. The van der Waals surface area contributed by atoms with Crippen molar-refractivity contribution in [3.8, 4) is 11.5 Å². The highest BCUT2D eigenvalue weighted by atomic mass is 16.4. The van der Waals surface area contributed by atoms with Crippen LogP contribution in [0.1, 0.15) is 144 Å². The third kappa shape index (κ3) is 42.2. The summed E-state index contributed by atoms with van der Waals surface area (Å²) in [6.07, 6.45) is -8.18. The van der Waals surface area contributed by atoms with Crippen molar-refractivity contribution in [3.05, 3.63) is 59.7 Å². The molecular formula is C84H131N25O30. The second kappa shape index (κ2) is 58.6. The van der Waals surface area contributed by atoms with Gasteiger partial charge in [-0.15, -0.1) is 0 Å². The summed E-state index contributed by atoms with van der Waals surface area (Å²) in [6.45, 7) is 8.27. The topological polar surface area (TPSA) is 912 Å². The molecule has 0 spiro atoms. The zero-order chi connectivity index (χ0) is 105. The molecule has 0 unspecified atom stereocenters. The van der Waals surface area contributed by atoms with E-state index >= 15 is 0 Å². The van der Waals surface area contributed by atoms with Gasteiger partial charge in [-0.2, -0.15) is 0 Å². The minimum atomic E-state index is -2.14. The van der Waals surface area contributed by atoms with Crippen molar-refractivity contribution < 1.29 is 147 Å². The van der Waals surface area contributed by atoms with Crippen LogP contribution in [0.15, 0.2) is 48.5 Å². The van der Waals surface area contributed by atoms with Gasteiger partial charge in [-0.3, -0.25) is 107 Å². The van der Waals surface area contributed by atoms with Crippen LogP contribution in [0.3, 0.4) is 0 Å². The molecule has 139 heavy (non-hydrogen) atoms. The third-order valence-corrected chi connectivity index (χ3v) is 21.1. The van der Waals surface area contributed by atoms with Crippen LogP contribution in [-0.4, -0.2) is 341 Å². The highest BCUT2D eigenvalue weighted by Crippen LogP contribution is 2.21. The molecule has 18 amide bonds. The fourth-order valence-corrected chi connectivity index (χ4v) is 13.6. The van der Waals surface area contributed by atoms with Gasteiger partial charge in [-0.1, -0.05) is 52.0 Å². The molecule has 0 aromatic heterocycles. The zero-order valence-electron chi connectivity index (χ0n) is 78.0. The van der Waals surface area contributed by atoms with Gasteiger partial charge in [0.1, 0.15) is 102 Å². The van der Waals surface area contributed by atoms with E-state index < -0.39 is 321 Å². The molecule has 1 heterocycles. The van der Waals surface area contributed by atoms with Crippen LogP contribution in [0.25, 0.3) is 0 Å². The fourth-order valence-electron chi connectivity index (χ4n) is 13.6. The van der Waals surface area contributed by atoms with Crippen molar-refractivity contribution in [2.45, 2.75) is 261 Å². The highest BCUT2D eigenvalue weighted by Gasteiger charge is 2.42. The van der Waals surface area contributed by atoms with Crippen molar-refractivity contribution in [1.29, 1.82) is 10.8 Å². The van der Waals surface area contributed by atoms with Gasteiger partial charge < -0.3 is 169 Å². The summed E-state index contributed by atoms with van der Waals surface area (Å²) >= 11 is 0. The van der Waals surface area contributed by atoms with Crippen molar-refractivity contribution in [1.82, 2.24) is 101 Å². The first-order valence-corrected chi connectivity index (χ1v) is 44.2. The van der Waals surface area contributed by atoms with Crippen LogP contribution in [0.5, 0.6) is 11.5 Å². The minimum absolute atomic E-state index is 0.0394. The van der Waals surface area contributed by atoms with Gasteiger partial charge in [0, 0.05) is 38.9 Å². The standard InChI is InChI=1S/C84H131N25O30/c1-37(2)29-52(103-80(136)63(38(3)4)106-75(131)54(31-45-18-22-47(115)23-19-45)101-70(126)50(14-11-27-92-84(89)90)99-77(133)57(36-111)104-71(127)51(24-25-61(118)119)98-66(122)39(5)94-68(124)48(85)32-59(86)116)74(130)107-64(42(8)112)79(135)93-34-60(117)97-49(13-10-26-91-83(87)88)69(125)100-53(30-44-16-20-46(114)21-17-44)72(128)102-55(33-62(120)121)73(129)105-56(35-110)76(132)96-41(7)81(137)109-28-12-15-58(109)78(134)95-40(6)67(123)108-65(43(9)113)82(138)139/h16-23,37-43,48-58,63-65,110-115H,10-15,24-36,85H2,1-9H3,(H2,86,116)(H,93,135)(H,94,124)(H,95,134)(H,96,132)(H,97,117)(H,98,122)(H,99,133)(H,100,125)(H,101,126)(H,102,128)(H,103,136)(H,104,127)(H,105,129)(H,106,131)(H,107,130)(H,108,123)(H,118,119)(H,120,121)(H,138,139)(H4,87,88,91)(H4,89,90,92)/t39-,40-,41-,42+,43+,48-,49-,50-,51-,52-,53-,54-,55-,56-,57-,58-,63-,64-,65-/m0/s1. The number of nitrogens with two attached hydrogens (primary N) is 4. The Morgan fingerprint density at radius 1 is 0.410 bits per heavy atom. The normalized spacial score (nSPS) is 16.1. The highest BCUT2D eigenvalue weighted by molar-refractivity contribution is 6.02. The molecule has 1 aliphatic heterocycles. The Hall–Kier alpha value is -14.7. The molecule has 55 nitrogen and oxygen atoms in total. The number of carbonyl (C=O) groups is 21. The Morgan fingerprint density at radius 2 is 0.799 bits per heavy atom. The predicted molar refractivity (Wildman–Crippen MR) is 486 cm³/mol. The molecule has 0 bridgehead atoms. The van der Waals surface area contributed by atoms with E-state index in [0.29, 0.717) is 0 Å². The summed E-state index contributed by atoms with van der Waals surface area (Å²) in [5.41, 5.74) is 22.2. The molecule has 2 aromatic rings. The number of likely N-dealkylation sites (tertiary alicyclic amines) is 1. The number of rotatable bonds is 60. The lowest BCUT2D eigenvalue weighted by molar-refractivity contribution is -0.145. The van der Waals surface area contributed by atoms with Crippen LogP contribution in [0.2, 0.25) is 0 Å². The number of carboxylic acid groups (broad SMARTS) is 3. The number of aliphatic hydroxyl groups excluding tert-OH is 4. The average molecular weight is 1970 g/mol. The van der Waals surface area contributed by atoms with E-state index in [2.05, 4.69) is 95.7 Å². The Bertz CT molecular complexity index is 4660. The second-order valence-corrected chi connectivity index (χ2v) is 33.7. The Balaban J connectivity index is 1.91. The van der Waals surface area contributed by atoms with E-state index in [0.717, 1.165) is 25.7 Å². The van der Waals surface area contributed by atoms with Crippen LogP contribution in [0, 0.1) is 22.7 Å². The van der Waals surface area contributed by atoms with Gasteiger partial charge in [0.2, 0.25) is 106 Å². The van der Waals surface area contributed by atoms with Gasteiger partial charge in [-0.25, -0.2) is 4.79 Å². The summed E-state index contributed by atoms with van der Waals surface area (Å²) in [5.74, 6) is -27.6. The quantitative estimate of drug-likeness (QED) is 0.0166. The number of guanidine groups is 2. The zero-order valence-corrected chi connectivity index (χ0v) is 78.0. The van der Waals surface area contributed by atoms with E-state index in [1.165, 1.54) is 76.2 Å². The number of benzene rings is 2. The van der Waals surface area contributed by atoms with E-state index in [1.54, 1.807) is 13.8 Å². The number of amides is 18. The SMILES string of the molecule is CC(C)C[C@H](NC(=O)[C@@H](NC(=O)[C@H](Cc1ccc(O)cc1)NC(=O)[C@H](CCCNC(=N)N)NC(=O)[C@H](CO)NC(=O)[C@H](CCC(=O)O)NC(=O)[C@H](C)NC(=O)[C@@H](N)CC(N)=O)C(C)C)C(=O)N[C@H](C(=O)NCC(=O)N[C@@H](CCCNC(=N)N)C(=O)N[C@@H](Cc1ccc(O)cc1)C(=O)N[C@@H](CC(=O)O)C(=O)N[C@@H](CO)C(=O)N[C@@H](C)C(=O)N1CCC[C@H]1C(=O)N[C@@H](C)C(=O)N[C@H](C(=O)O)[C@@H](C)O)[C@@H](C)O. The minimum Gasteiger partial charge on any atom is -0.508 e. The first kappa shape index (κ1) is 118. The Labute approximate surface area is 797 Å². The van der Waals surface area contributed by atoms with Crippen molar-refractivity contribution in [2.75, 3.05) is 39.4 Å². The van der Waals surface area contributed by atoms with Crippen LogP contribution in [0.4, 0.5) is 0 Å². The molecule has 772 valence electrons. The smallest absolute Gasteiger partial charge is 0.328 e. The molecule has 37 N–H and O–H groups in total. The molecule has 0 saturated carbocycles. The number of nitrogens with one attached hydrogen (secondary N) is 20. The van der Waals surface area contributed by atoms with Crippen LogP contribution in [-0.2, 0) is 114 Å². The van der Waals surface area contributed by atoms with Gasteiger partial charge in [-0.05, 0) is 133 Å². The molecule has 0 radical (unpaired) electrons. The maximum absolute atomic E-state index is 14.8. The summed E-state index contributed by atoms with van der Waals surface area (Å²) in [4.78, 5) is 285. The number of aliphatic hydroxyl groups is 4. The predicted octanol–water partition coefficient (Wildman–Crippen LogP) is -12.1. The summed E-state index contributed by atoms with van der Waals surface area (Å²) in [6, 6.07) is -18.5. The molecule has 19 atom stereocenters. The number of primary amides is 1. The number of phenols is 2. The first-order valence-electron chi connectivity index (χ1n) is 44.2. The molecule has 1 fully saturated rings. The summed E-state index contributed by atoms with van der Waals surface area (Å²) in [5, 5.41) is 148. The van der Waals surface area contributed by atoms with E-state index in [9.17, 15) is 147 Å². The van der Waals surface area contributed by atoms with Crippen molar-refractivity contribution in [3.63, 3.8) is 0 Å². The maximum Gasteiger partial charge on any atom is 0.328 e. The Morgan fingerprint density at radius 3 is 1.25 bits per heavy atom. The largest absolute Gasteiger partial charge is 0.508 e. The molecular weight excluding hydrogens is 1840 g/mol. The van der Waals surface area contributed by atoms with E-state index in [4.69, 9.17) is 33.8 Å². The number of phenolic OH excluding ortho intramolecular Hbond substituents is 2. The summed E-state index contributed by atoms with van der Waals surface area (Å²) < 4.78 is 0. The van der Waals surface area contributed by atoms with Crippen molar-refractivity contribution >= 4 is 136 Å². The maximum atomic E-state index is 14.8. The lowest BCUT2D eigenvalue weighted by Gasteiger charge is -2.30. The molecule has 3 rings (SSSR count). The number of aromatic hydroxyl groups is 2. The molecule has 2 aromatic carbocycles. The fraction of sp³-hybridized carbons (Fsp3) is 0.583. The van der Waals surface area contributed by atoms with Crippen molar-refractivity contribution in [2.24, 2.45) is 34.8 Å². The van der Waals surface area contributed by atoms with Gasteiger partial charge in [0.15, 0.2) is 18.0 Å². The summed E-state index contributed by atoms with van der Waals surface area (Å²) in [7, 11) is 0. The number of aliphatic carboxylic acids is 3. The molecule has 0 aliphatic carbocycles. The van der Waals surface area contributed by atoms with Crippen LogP contribution < -0.4 is 119 Å². The molecule has 1 aliphatic rings.